The smallest absolute Gasteiger partial charge is 0.296 e. The van der Waals surface area contributed by atoms with Gasteiger partial charge < -0.3 is 9.72 Å². The molecule has 3 atom stereocenters. The van der Waals surface area contributed by atoms with E-state index in [1.165, 1.54) is 16.5 Å². The van der Waals surface area contributed by atoms with E-state index in [4.69, 9.17) is 8.92 Å². The topological polar surface area (TPSA) is 71.6 Å². The van der Waals surface area contributed by atoms with Crippen LogP contribution in [0.2, 0.25) is 0 Å². The minimum Gasteiger partial charge on any atom is -0.372 e. The Morgan fingerprint density at radius 1 is 1.19 bits per heavy atom. The van der Waals surface area contributed by atoms with Crippen molar-refractivity contribution in [3.05, 3.63) is 65.4 Å². The Kier molecular flexibility index (Phi) is 4.97. The van der Waals surface area contributed by atoms with Crippen molar-refractivity contribution in [2.24, 2.45) is 5.92 Å². The molecule has 1 aliphatic carbocycles. The Labute approximate surface area is 183 Å². The average molecular weight is 441 g/mol. The molecule has 0 radical (unpaired) electrons. The first-order valence-electron chi connectivity index (χ1n) is 10.6. The van der Waals surface area contributed by atoms with Gasteiger partial charge in [0.05, 0.1) is 11.5 Å². The normalized spacial score (nSPS) is 26.2. The number of aryl methyl sites for hydroxylation is 1. The third-order valence-electron chi connectivity index (χ3n) is 7.00. The second-order valence-corrected chi connectivity index (χ2v) is 10.5. The van der Waals surface area contributed by atoms with Crippen molar-refractivity contribution in [1.29, 1.82) is 0 Å². The second-order valence-electron chi connectivity index (χ2n) is 8.92. The highest BCUT2D eigenvalue weighted by Gasteiger charge is 2.51. The van der Waals surface area contributed by atoms with Gasteiger partial charge in [0.15, 0.2) is 0 Å². The highest BCUT2D eigenvalue weighted by Crippen LogP contribution is 2.49. The molecule has 0 spiro atoms. The van der Waals surface area contributed by atoms with Crippen molar-refractivity contribution in [3.8, 4) is 0 Å². The fraction of sp³-hybridized carbons (Fsp3) is 0.417. The summed E-state index contributed by atoms with van der Waals surface area (Å²) in [4.78, 5) is 5.88. The zero-order chi connectivity index (χ0) is 21.8. The van der Waals surface area contributed by atoms with Crippen molar-refractivity contribution in [1.82, 2.24) is 9.88 Å². The molecule has 31 heavy (non-hydrogen) atoms. The molecule has 0 amide bonds. The van der Waals surface area contributed by atoms with Gasteiger partial charge in [-0.25, -0.2) is 0 Å². The second kappa shape index (κ2) is 7.45. The van der Waals surface area contributed by atoms with E-state index in [0.717, 1.165) is 24.0 Å². The summed E-state index contributed by atoms with van der Waals surface area (Å²) in [6, 6.07) is 13.3. The highest BCUT2D eigenvalue weighted by atomic mass is 32.2. The van der Waals surface area contributed by atoms with Gasteiger partial charge in [0, 0.05) is 36.8 Å². The molecule has 2 aromatic carbocycles. The Morgan fingerprint density at radius 3 is 2.71 bits per heavy atom. The van der Waals surface area contributed by atoms with Gasteiger partial charge >= 0.3 is 0 Å². The predicted octanol–water partition coefficient (Wildman–Crippen LogP) is 3.60. The summed E-state index contributed by atoms with van der Waals surface area (Å²) in [5.74, 6) is 0.0252. The van der Waals surface area contributed by atoms with E-state index in [-0.39, 0.29) is 23.5 Å². The molecule has 1 saturated heterocycles. The van der Waals surface area contributed by atoms with E-state index < -0.39 is 15.7 Å². The van der Waals surface area contributed by atoms with Gasteiger partial charge in [-0.3, -0.25) is 9.08 Å². The first-order valence-corrected chi connectivity index (χ1v) is 12.1. The lowest BCUT2D eigenvalue weighted by molar-refractivity contribution is -0.129. The maximum absolute atomic E-state index is 12.7. The van der Waals surface area contributed by atoms with E-state index in [1.807, 2.05) is 6.92 Å². The maximum Gasteiger partial charge on any atom is 0.296 e. The summed E-state index contributed by atoms with van der Waals surface area (Å²) in [5, 5.41) is 1.24. The molecule has 2 heterocycles. The third kappa shape index (κ3) is 3.31. The van der Waals surface area contributed by atoms with E-state index in [0.29, 0.717) is 6.42 Å². The van der Waals surface area contributed by atoms with Gasteiger partial charge in [-0.05, 0) is 62.1 Å². The first kappa shape index (κ1) is 20.7. The lowest BCUT2D eigenvalue weighted by atomic mass is 9.69. The molecular formula is C24H28N2O4S. The number of methoxy groups -OCH3 is 1. The summed E-state index contributed by atoms with van der Waals surface area (Å²) in [6.45, 7) is 2.82. The predicted molar refractivity (Wildman–Crippen MR) is 120 cm³/mol. The van der Waals surface area contributed by atoms with E-state index in [1.54, 1.807) is 31.4 Å². The molecule has 5 rings (SSSR count). The van der Waals surface area contributed by atoms with Crippen LogP contribution in [0.4, 0.5) is 0 Å². The Bertz CT molecular complexity index is 1220. The number of fused-ring (bicyclic) bond motifs is 2. The number of likely N-dealkylation sites (tertiary alicyclic amines) is 1. The van der Waals surface area contributed by atoms with Crippen molar-refractivity contribution >= 4 is 21.0 Å². The molecule has 1 N–H and O–H groups in total. The van der Waals surface area contributed by atoms with Crippen molar-refractivity contribution in [2.75, 3.05) is 27.3 Å². The molecule has 164 valence electrons. The van der Waals surface area contributed by atoms with Crippen LogP contribution in [0.25, 0.3) is 10.9 Å². The fourth-order valence-corrected chi connectivity index (χ4v) is 6.48. The quantitative estimate of drug-likeness (QED) is 0.614. The largest absolute Gasteiger partial charge is 0.372 e. The van der Waals surface area contributed by atoms with E-state index >= 15 is 0 Å². The van der Waals surface area contributed by atoms with Gasteiger partial charge in [-0.2, -0.15) is 8.42 Å². The molecule has 0 bridgehead atoms. The summed E-state index contributed by atoms with van der Waals surface area (Å²) in [6.07, 6.45) is 3.72. The highest BCUT2D eigenvalue weighted by molar-refractivity contribution is 7.86. The average Bonchev–Trinajstić information content (AvgIpc) is 3.18. The maximum atomic E-state index is 12.7. The number of nitrogens with one attached hydrogen (secondary N) is 1. The van der Waals surface area contributed by atoms with Crippen molar-refractivity contribution in [2.45, 2.75) is 36.3 Å². The minimum atomic E-state index is -3.79. The molecule has 2 aliphatic rings. The van der Waals surface area contributed by atoms with Gasteiger partial charge in [-0.1, -0.05) is 29.8 Å². The standard InChI is InChI=1S/C24H28N2O4S/c1-16-7-9-19(10-8-16)31(27,28)30-15-17-12-24(29-3)20-5-4-6-21-23(20)18(13-25-21)11-22(24)26(2)14-17/h4-10,13,17,22,25H,11-12,14-15H2,1-3H3/t17?,22-,24+/m1/s1. The number of hydrogen-bond donors (Lipinski definition) is 1. The summed E-state index contributed by atoms with van der Waals surface area (Å²) < 4.78 is 37.2. The number of piperidine rings is 1. The Balaban J connectivity index is 1.43. The van der Waals surface area contributed by atoms with E-state index in [9.17, 15) is 8.42 Å². The monoisotopic (exact) mass is 440 g/mol. The number of nitrogens with zero attached hydrogens (tertiary/aromatic N) is 1. The van der Waals surface area contributed by atoms with Crippen LogP contribution in [0, 0.1) is 12.8 Å². The number of benzene rings is 2. The molecule has 7 heteroatoms. The van der Waals surface area contributed by atoms with Gasteiger partial charge in [0.2, 0.25) is 0 Å². The van der Waals surface area contributed by atoms with Crippen LogP contribution < -0.4 is 0 Å². The van der Waals surface area contributed by atoms with Crippen LogP contribution in [-0.4, -0.2) is 51.7 Å². The molecule has 1 aromatic heterocycles. The molecule has 1 fully saturated rings. The first-order chi connectivity index (χ1) is 14.8. The van der Waals surface area contributed by atoms with Crippen molar-refractivity contribution < 1.29 is 17.3 Å². The van der Waals surface area contributed by atoms with E-state index in [2.05, 4.69) is 41.3 Å². The third-order valence-corrected chi connectivity index (χ3v) is 8.29. The summed E-state index contributed by atoms with van der Waals surface area (Å²) in [7, 11) is 0.0674. The number of aromatic nitrogens is 1. The Morgan fingerprint density at radius 2 is 1.97 bits per heavy atom. The fourth-order valence-electron chi connectivity index (χ4n) is 5.51. The van der Waals surface area contributed by atoms with Gasteiger partial charge in [0.1, 0.15) is 5.60 Å². The lowest BCUT2D eigenvalue weighted by Gasteiger charge is -2.53. The molecule has 3 aromatic rings. The number of rotatable bonds is 5. The zero-order valence-electron chi connectivity index (χ0n) is 18.1. The van der Waals surface area contributed by atoms with Crippen LogP contribution in [0.3, 0.4) is 0 Å². The summed E-state index contributed by atoms with van der Waals surface area (Å²) in [5.41, 5.74) is 4.12. The Hall–Kier alpha value is -2.19. The van der Waals surface area contributed by atoms with Crippen LogP contribution >= 0.6 is 0 Å². The van der Waals surface area contributed by atoms with Crippen LogP contribution in [0.1, 0.15) is 23.1 Å². The van der Waals surface area contributed by atoms with Gasteiger partial charge in [0.25, 0.3) is 10.1 Å². The zero-order valence-corrected chi connectivity index (χ0v) is 18.9. The number of H-pyrrole nitrogens is 1. The van der Waals surface area contributed by atoms with Crippen LogP contribution in [0.5, 0.6) is 0 Å². The van der Waals surface area contributed by atoms with Crippen molar-refractivity contribution in [3.63, 3.8) is 0 Å². The summed E-state index contributed by atoms with van der Waals surface area (Å²) >= 11 is 0. The van der Waals surface area contributed by atoms with Crippen LogP contribution in [-0.2, 0) is 31.1 Å². The SMILES string of the molecule is CO[C@]12CC(COS(=O)(=O)c3ccc(C)cc3)CN(C)[C@@H]1Cc1c[nH]c3cccc2c13. The molecule has 1 unspecified atom stereocenters. The molecule has 0 saturated carbocycles. The van der Waals surface area contributed by atoms with Crippen LogP contribution in [0.15, 0.2) is 53.6 Å². The number of ether oxygens (including phenoxy) is 1. The van der Waals surface area contributed by atoms with Gasteiger partial charge in [-0.15, -0.1) is 0 Å². The molecular weight excluding hydrogens is 412 g/mol. The minimum absolute atomic E-state index is 0.0252. The number of hydrogen-bond acceptors (Lipinski definition) is 5. The molecule has 1 aliphatic heterocycles. The number of likely N-dealkylation sites (N-methyl/N-ethyl adjacent to an activating group) is 1. The lowest BCUT2D eigenvalue weighted by Crippen LogP contribution is -2.59. The molecule has 6 nitrogen and oxygen atoms in total. The number of aromatic amines is 1.